The highest BCUT2D eigenvalue weighted by Crippen LogP contribution is 2.49. The Morgan fingerprint density at radius 1 is 0.373 bits per heavy atom. The van der Waals surface area contributed by atoms with Gasteiger partial charge in [-0.25, -0.2) is 0 Å². The van der Waals surface area contributed by atoms with Gasteiger partial charge in [0.25, 0.3) is 0 Å². The fraction of sp³-hybridized carbons (Fsp3) is 0.564. The molecule has 0 aromatic heterocycles. The minimum absolute atomic E-state index is 0.0972. The summed E-state index contributed by atoms with van der Waals surface area (Å²) in [6.45, 7) is 24.4. The highest BCUT2D eigenvalue weighted by atomic mass is 16.5. The first-order chi connectivity index (χ1) is 28.1. The van der Waals surface area contributed by atoms with Crippen LogP contribution < -0.4 is 14.2 Å². The van der Waals surface area contributed by atoms with E-state index < -0.39 is 0 Å². The molecule has 0 fully saturated rings. The van der Waals surface area contributed by atoms with Crippen molar-refractivity contribution in [1.29, 1.82) is 0 Å². The number of phenolic OH excluding ortho intramolecular Hbond substituents is 1. The molecular weight excluding hydrogens is 725 g/mol. The van der Waals surface area contributed by atoms with E-state index in [0.29, 0.717) is 23.7 Å². The molecule has 0 atom stereocenters. The zero-order valence-electron chi connectivity index (χ0n) is 40.4. The normalized spacial score (nSPS) is 13.9. The van der Waals surface area contributed by atoms with E-state index in [2.05, 4.69) is 124 Å². The van der Waals surface area contributed by atoms with Crippen LogP contribution >= 0.6 is 0 Å². The third-order valence-electron chi connectivity index (χ3n) is 11.3. The SMILES string of the molecule is COc1c(O)c(C)c(C/C=C(\C)CC/C=C(\C)CC/C=C(\C)CC/C=C(\C)CC/C=C(\C)CC/C=C(\C)CC/C=C(\C)CC/C=C(\C)CCC=C(C)C)c(OC)c1OC. The Labute approximate surface area is 363 Å². The van der Waals surface area contributed by atoms with Crippen LogP contribution in [0.25, 0.3) is 0 Å². The second-order valence-corrected chi connectivity index (χ2v) is 17.3. The van der Waals surface area contributed by atoms with Gasteiger partial charge in [0.1, 0.15) is 0 Å². The Hall–Kier alpha value is -3.92. The number of ether oxygens (including phenoxy) is 3. The van der Waals surface area contributed by atoms with E-state index in [-0.39, 0.29) is 5.75 Å². The van der Waals surface area contributed by atoms with Gasteiger partial charge in [0.15, 0.2) is 11.5 Å². The van der Waals surface area contributed by atoms with Gasteiger partial charge in [0.2, 0.25) is 11.5 Å². The van der Waals surface area contributed by atoms with Gasteiger partial charge in [-0.3, -0.25) is 0 Å². The van der Waals surface area contributed by atoms with Gasteiger partial charge < -0.3 is 19.3 Å². The largest absolute Gasteiger partial charge is 0.504 e. The highest BCUT2D eigenvalue weighted by Gasteiger charge is 2.23. The topological polar surface area (TPSA) is 47.9 Å². The van der Waals surface area contributed by atoms with Crippen molar-refractivity contribution in [3.8, 4) is 23.0 Å². The Kier molecular flexibility index (Phi) is 27.9. The Morgan fingerprint density at radius 3 is 0.881 bits per heavy atom. The Balaban J connectivity index is 2.36. The third kappa shape index (κ3) is 23.5. The second-order valence-electron chi connectivity index (χ2n) is 17.3. The quantitative estimate of drug-likeness (QED) is 0.0819. The predicted octanol–water partition coefficient (Wildman–Crippen LogP) is 17.0. The van der Waals surface area contributed by atoms with Crippen molar-refractivity contribution < 1.29 is 19.3 Å². The second kappa shape index (κ2) is 31.0. The van der Waals surface area contributed by atoms with E-state index in [1.54, 1.807) is 14.2 Å². The summed E-state index contributed by atoms with van der Waals surface area (Å²) in [4.78, 5) is 0. The highest BCUT2D eigenvalue weighted by molar-refractivity contribution is 5.66. The van der Waals surface area contributed by atoms with Gasteiger partial charge in [-0.05, 0) is 185 Å². The first-order valence-corrected chi connectivity index (χ1v) is 22.5. The molecule has 0 aliphatic carbocycles. The fourth-order valence-electron chi connectivity index (χ4n) is 7.17. The third-order valence-corrected chi connectivity index (χ3v) is 11.3. The average Bonchev–Trinajstić information content (AvgIpc) is 3.18. The van der Waals surface area contributed by atoms with Crippen LogP contribution in [0, 0.1) is 6.92 Å². The number of rotatable bonds is 29. The maximum Gasteiger partial charge on any atom is 0.207 e. The summed E-state index contributed by atoms with van der Waals surface area (Å²) >= 11 is 0. The molecule has 59 heavy (non-hydrogen) atoms. The zero-order valence-corrected chi connectivity index (χ0v) is 40.4. The first kappa shape index (κ1) is 53.1. The van der Waals surface area contributed by atoms with Crippen molar-refractivity contribution in [2.45, 2.75) is 185 Å². The minimum atomic E-state index is 0.0972. The molecule has 0 aliphatic rings. The van der Waals surface area contributed by atoms with Crippen LogP contribution in [0.15, 0.2) is 105 Å². The van der Waals surface area contributed by atoms with Crippen LogP contribution in [0.1, 0.15) is 183 Å². The van der Waals surface area contributed by atoms with Gasteiger partial charge in [-0.1, -0.05) is 105 Å². The summed E-state index contributed by atoms with van der Waals surface area (Å²) in [7, 11) is 4.70. The molecule has 1 N–H and O–H groups in total. The van der Waals surface area contributed by atoms with E-state index in [1.165, 1.54) is 76.5 Å². The molecule has 1 rings (SSSR count). The number of aromatic hydroxyl groups is 1. The summed E-state index contributed by atoms with van der Waals surface area (Å²) in [5, 5.41) is 10.7. The summed E-state index contributed by atoms with van der Waals surface area (Å²) < 4.78 is 16.6. The zero-order chi connectivity index (χ0) is 44.2. The van der Waals surface area contributed by atoms with Gasteiger partial charge >= 0.3 is 0 Å². The van der Waals surface area contributed by atoms with Crippen molar-refractivity contribution in [3.63, 3.8) is 0 Å². The lowest BCUT2D eigenvalue weighted by atomic mass is 9.99. The molecule has 4 nitrogen and oxygen atoms in total. The number of methoxy groups -OCH3 is 3. The van der Waals surface area contributed by atoms with Gasteiger partial charge in [0.05, 0.1) is 21.3 Å². The number of benzene rings is 1. The lowest BCUT2D eigenvalue weighted by Gasteiger charge is -2.19. The smallest absolute Gasteiger partial charge is 0.207 e. The molecule has 0 heterocycles. The van der Waals surface area contributed by atoms with Gasteiger partial charge in [0, 0.05) is 11.1 Å². The average molecular weight is 811 g/mol. The Morgan fingerprint density at radius 2 is 0.627 bits per heavy atom. The molecule has 0 spiro atoms. The van der Waals surface area contributed by atoms with Crippen molar-refractivity contribution in [3.05, 3.63) is 116 Å². The summed E-state index contributed by atoms with van der Waals surface area (Å²) in [5.41, 5.74) is 14.9. The lowest BCUT2D eigenvalue weighted by molar-refractivity contribution is 0.307. The molecule has 330 valence electrons. The lowest BCUT2D eigenvalue weighted by Crippen LogP contribution is -2.02. The van der Waals surface area contributed by atoms with E-state index in [0.717, 1.165) is 94.6 Å². The first-order valence-electron chi connectivity index (χ1n) is 22.5. The molecule has 0 saturated carbocycles. The maximum atomic E-state index is 10.7. The summed E-state index contributed by atoms with van der Waals surface area (Å²) in [6.07, 6.45) is 40.3. The molecular formula is C55H86O4. The number of phenols is 1. The molecule has 1 aromatic rings. The molecule has 0 unspecified atom stereocenters. The molecule has 0 saturated heterocycles. The predicted molar refractivity (Wildman–Crippen MR) is 260 cm³/mol. The van der Waals surface area contributed by atoms with Gasteiger partial charge in [-0.15, -0.1) is 0 Å². The number of hydrogen-bond acceptors (Lipinski definition) is 4. The molecule has 4 heteroatoms. The molecule has 0 radical (unpaired) electrons. The van der Waals surface area contributed by atoms with Crippen LogP contribution in [-0.2, 0) is 6.42 Å². The maximum absolute atomic E-state index is 10.7. The van der Waals surface area contributed by atoms with E-state index in [1.807, 2.05) is 6.92 Å². The summed E-state index contributed by atoms with van der Waals surface area (Å²) in [6, 6.07) is 0. The fourth-order valence-corrected chi connectivity index (χ4v) is 7.17. The van der Waals surface area contributed by atoms with E-state index >= 15 is 0 Å². The van der Waals surface area contributed by atoms with Crippen LogP contribution in [0.3, 0.4) is 0 Å². The standard InChI is InChI=1S/C55H86O4/c1-41(2)23-15-24-42(3)25-16-26-43(4)27-17-28-44(5)29-18-30-45(6)31-19-32-46(7)33-20-34-47(8)35-21-36-48(9)37-22-38-49(10)39-40-51-50(11)52(56)54(58-13)55(59-14)53(51)57-12/h23,25,27,29,31,33,35,37,39,56H,15-22,24,26,28,30,32,34,36,38,40H2,1-14H3/b42-25+,43-27+,44-29+,45-31+,46-33+,47-35+,48-37+,49-39+. The van der Waals surface area contributed by atoms with Crippen molar-refractivity contribution >= 4 is 0 Å². The van der Waals surface area contributed by atoms with E-state index in [9.17, 15) is 5.11 Å². The van der Waals surface area contributed by atoms with Crippen LogP contribution in [0.5, 0.6) is 23.0 Å². The molecule has 0 amide bonds. The molecule has 0 bridgehead atoms. The van der Waals surface area contributed by atoms with Gasteiger partial charge in [-0.2, -0.15) is 0 Å². The number of allylic oxidation sites excluding steroid dienone is 18. The summed E-state index contributed by atoms with van der Waals surface area (Å²) in [5.74, 6) is 1.43. The van der Waals surface area contributed by atoms with Crippen molar-refractivity contribution in [2.24, 2.45) is 0 Å². The molecule has 0 aliphatic heterocycles. The minimum Gasteiger partial charge on any atom is -0.504 e. The van der Waals surface area contributed by atoms with Crippen LogP contribution in [-0.4, -0.2) is 26.4 Å². The van der Waals surface area contributed by atoms with Crippen LogP contribution in [0.4, 0.5) is 0 Å². The number of hydrogen-bond donors (Lipinski definition) is 1. The van der Waals surface area contributed by atoms with E-state index in [4.69, 9.17) is 14.2 Å². The van der Waals surface area contributed by atoms with Crippen LogP contribution in [0.2, 0.25) is 0 Å². The van der Waals surface area contributed by atoms with Crippen molar-refractivity contribution in [1.82, 2.24) is 0 Å². The Bertz CT molecular complexity index is 1690. The molecule has 1 aromatic carbocycles. The van der Waals surface area contributed by atoms with Crippen molar-refractivity contribution in [2.75, 3.05) is 21.3 Å². The monoisotopic (exact) mass is 811 g/mol.